The van der Waals surface area contributed by atoms with Crippen molar-refractivity contribution in [3.8, 4) is 6.07 Å². The monoisotopic (exact) mass is 456 g/mol. The summed E-state index contributed by atoms with van der Waals surface area (Å²) in [4.78, 5) is 13.7. The van der Waals surface area contributed by atoms with Crippen LogP contribution in [0, 0.1) is 16.7 Å². The normalized spacial score (nSPS) is 16.8. The molecule has 134 valence electrons. The molecule has 1 aliphatic rings. The first-order chi connectivity index (χ1) is 10.8. The van der Waals surface area contributed by atoms with Crippen molar-refractivity contribution in [1.82, 2.24) is 4.90 Å². The molecule has 23 heavy (non-hydrogen) atoms. The highest BCUT2D eigenvalue weighted by atomic mass is 127. The lowest BCUT2D eigenvalue weighted by Crippen LogP contribution is -2.46. The van der Waals surface area contributed by atoms with Crippen molar-refractivity contribution >= 4 is 36.2 Å². The molecule has 1 heterocycles. The average molecular weight is 456 g/mol. The number of amides is 1. The van der Waals surface area contributed by atoms with Crippen LogP contribution in [0.4, 0.5) is 4.79 Å². The summed E-state index contributed by atoms with van der Waals surface area (Å²) in [7, 11) is 1.70. The maximum atomic E-state index is 12.0. The second-order valence-corrected chi connectivity index (χ2v) is 8.72. The summed E-state index contributed by atoms with van der Waals surface area (Å²) < 4.78 is 11.0. The second-order valence-electron chi connectivity index (χ2n) is 6.23. The molecule has 7 heteroatoms. The summed E-state index contributed by atoms with van der Waals surface area (Å²) in [6, 6.07) is 2.39. The Morgan fingerprint density at radius 1 is 1.35 bits per heavy atom. The van der Waals surface area contributed by atoms with E-state index in [1.807, 2.05) is 34.6 Å². The number of rotatable bonds is 5. The minimum absolute atomic E-state index is 0.295. The van der Waals surface area contributed by atoms with Gasteiger partial charge in [0, 0.05) is 18.8 Å². The largest absolute Gasteiger partial charge is 0.444 e. The summed E-state index contributed by atoms with van der Waals surface area (Å²) in [6.07, 6.45) is 0.983. The number of piperidine rings is 1. The molecule has 0 aromatic rings. The van der Waals surface area contributed by atoms with E-state index in [0.29, 0.717) is 39.1 Å². The molecule has 1 amide bonds. The third kappa shape index (κ3) is 9.01. The number of nitrogens with zero attached hydrogens (tertiary/aromatic N) is 2. The quantitative estimate of drug-likeness (QED) is 0.445. The van der Waals surface area contributed by atoms with Gasteiger partial charge in [0.2, 0.25) is 0 Å². The van der Waals surface area contributed by atoms with Crippen LogP contribution in [0.15, 0.2) is 0 Å². The van der Waals surface area contributed by atoms with Crippen LogP contribution in [0.5, 0.6) is 0 Å². The molecule has 0 spiro atoms. The van der Waals surface area contributed by atoms with Gasteiger partial charge in [-0.2, -0.15) is 5.26 Å². The molecule has 0 bridgehead atoms. The Labute approximate surface area is 157 Å². The number of halogens is 1. The standard InChI is InChI=1S/C14H23IN2O3S.C2H6/c1-13(2,3)20-12(18)17-6-4-14(10-16,5-7-17)11-19-8-9-21-15;1-2/h4-9,11H2,1-3H3;1-2H3. The Morgan fingerprint density at radius 3 is 2.35 bits per heavy atom. The van der Waals surface area contributed by atoms with Crippen LogP contribution in [0.2, 0.25) is 0 Å². The maximum absolute atomic E-state index is 12.0. The van der Waals surface area contributed by atoms with E-state index in [1.165, 1.54) is 0 Å². The number of likely N-dealkylation sites (tertiary alicyclic amines) is 1. The van der Waals surface area contributed by atoms with Crippen molar-refractivity contribution in [3.63, 3.8) is 0 Å². The fourth-order valence-electron chi connectivity index (χ4n) is 2.09. The topological polar surface area (TPSA) is 62.6 Å². The third-order valence-corrected chi connectivity index (χ3v) is 4.93. The van der Waals surface area contributed by atoms with Crippen molar-refractivity contribution in [3.05, 3.63) is 0 Å². The lowest BCUT2D eigenvalue weighted by molar-refractivity contribution is 0.00226. The van der Waals surface area contributed by atoms with Gasteiger partial charge in [0.1, 0.15) is 5.60 Å². The highest BCUT2D eigenvalue weighted by Gasteiger charge is 2.37. The highest BCUT2D eigenvalue weighted by molar-refractivity contribution is 14.2. The molecular weight excluding hydrogens is 427 g/mol. The van der Waals surface area contributed by atoms with Crippen LogP contribution in [-0.4, -0.2) is 48.7 Å². The predicted octanol–water partition coefficient (Wildman–Crippen LogP) is 4.65. The van der Waals surface area contributed by atoms with Gasteiger partial charge in [-0.1, -0.05) is 22.8 Å². The van der Waals surface area contributed by atoms with Crippen molar-refractivity contribution < 1.29 is 14.3 Å². The molecule has 0 saturated carbocycles. The first-order valence-corrected chi connectivity index (χ1v) is 11.6. The van der Waals surface area contributed by atoms with Crippen molar-refractivity contribution in [1.29, 1.82) is 5.26 Å². The zero-order valence-corrected chi connectivity index (χ0v) is 17.8. The van der Waals surface area contributed by atoms with Crippen LogP contribution < -0.4 is 0 Å². The summed E-state index contributed by atoms with van der Waals surface area (Å²) >= 11 is 2.23. The van der Waals surface area contributed by atoms with E-state index in [4.69, 9.17) is 9.47 Å². The zero-order chi connectivity index (χ0) is 17.9. The molecule has 0 N–H and O–H groups in total. The number of carbonyl (C=O) groups is 1. The Kier molecular flexibility index (Phi) is 11.3. The van der Waals surface area contributed by atoms with E-state index in [2.05, 4.69) is 27.3 Å². The molecule has 1 aliphatic heterocycles. The maximum Gasteiger partial charge on any atom is 0.410 e. The van der Waals surface area contributed by atoms with E-state index in [9.17, 15) is 10.1 Å². The summed E-state index contributed by atoms with van der Waals surface area (Å²) in [6.45, 7) is 11.8. The third-order valence-electron chi connectivity index (χ3n) is 3.29. The van der Waals surface area contributed by atoms with Crippen LogP contribution in [-0.2, 0) is 9.47 Å². The van der Waals surface area contributed by atoms with E-state index < -0.39 is 11.0 Å². The number of ether oxygens (including phenoxy) is 2. The van der Waals surface area contributed by atoms with Gasteiger partial charge in [-0.15, -0.1) is 0 Å². The lowest BCUT2D eigenvalue weighted by atomic mass is 9.80. The summed E-state index contributed by atoms with van der Waals surface area (Å²) in [5, 5.41) is 9.44. The van der Waals surface area contributed by atoms with Gasteiger partial charge in [-0.3, -0.25) is 0 Å². The van der Waals surface area contributed by atoms with Crippen molar-refractivity contribution in [2.75, 3.05) is 32.1 Å². The fraction of sp³-hybridized carbons (Fsp3) is 0.875. The van der Waals surface area contributed by atoms with Crippen LogP contribution >= 0.6 is 30.1 Å². The Morgan fingerprint density at radius 2 is 1.91 bits per heavy atom. The van der Waals surface area contributed by atoms with Gasteiger partial charge in [-0.25, -0.2) is 4.79 Å². The average Bonchev–Trinajstić information content (AvgIpc) is 2.52. The second kappa shape index (κ2) is 11.4. The predicted molar refractivity (Wildman–Crippen MR) is 104 cm³/mol. The molecule has 0 atom stereocenters. The molecule has 0 aromatic heterocycles. The van der Waals surface area contributed by atoms with E-state index in [0.717, 1.165) is 5.75 Å². The number of nitriles is 1. The van der Waals surface area contributed by atoms with Crippen LogP contribution in [0.25, 0.3) is 0 Å². The minimum Gasteiger partial charge on any atom is -0.444 e. The molecule has 0 unspecified atom stereocenters. The van der Waals surface area contributed by atoms with Gasteiger partial charge in [-0.05, 0) is 54.8 Å². The van der Waals surface area contributed by atoms with Crippen LogP contribution in [0.3, 0.4) is 0 Å². The number of hydrogen-bond donors (Lipinski definition) is 0. The smallest absolute Gasteiger partial charge is 0.410 e. The SMILES string of the molecule is CC.CC(C)(C)OC(=O)N1CCC(C#N)(COCCSI)CC1. The molecule has 1 saturated heterocycles. The Bertz CT molecular complexity index is 386. The molecule has 0 aliphatic carbocycles. The summed E-state index contributed by atoms with van der Waals surface area (Å²) in [5.74, 6) is 0.923. The minimum atomic E-state index is -0.485. The highest BCUT2D eigenvalue weighted by Crippen LogP contribution is 2.32. The van der Waals surface area contributed by atoms with Gasteiger partial charge in [0.05, 0.1) is 24.7 Å². The first-order valence-electron chi connectivity index (χ1n) is 8.02. The lowest BCUT2D eigenvalue weighted by Gasteiger charge is -2.37. The van der Waals surface area contributed by atoms with Gasteiger partial charge in [0.25, 0.3) is 0 Å². The zero-order valence-electron chi connectivity index (χ0n) is 14.9. The van der Waals surface area contributed by atoms with E-state index >= 15 is 0 Å². The molecule has 1 fully saturated rings. The Balaban J connectivity index is 0.00000232. The number of carbonyl (C=O) groups excluding carboxylic acids is 1. The van der Waals surface area contributed by atoms with Gasteiger partial charge >= 0.3 is 6.09 Å². The fourth-order valence-corrected chi connectivity index (χ4v) is 2.81. The molecule has 0 aromatic carbocycles. The van der Waals surface area contributed by atoms with Crippen molar-refractivity contribution in [2.24, 2.45) is 5.41 Å². The number of hydrogen-bond acceptors (Lipinski definition) is 5. The molecular formula is C16H29IN2O3S. The first kappa shape index (κ1) is 22.8. The van der Waals surface area contributed by atoms with Gasteiger partial charge in [0.15, 0.2) is 0 Å². The molecule has 0 radical (unpaired) electrons. The van der Waals surface area contributed by atoms with E-state index in [-0.39, 0.29) is 6.09 Å². The van der Waals surface area contributed by atoms with Crippen molar-refractivity contribution in [2.45, 2.75) is 53.1 Å². The van der Waals surface area contributed by atoms with E-state index in [1.54, 1.807) is 13.8 Å². The molecule has 1 rings (SSSR count). The van der Waals surface area contributed by atoms with Crippen LogP contribution in [0.1, 0.15) is 47.5 Å². The Hall–Kier alpha value is -0.200. The summed E-state index contributed by atoms with van der Waals surface area (Å²) in [5.41, 5.74) is -0.949. The molecule has 5 nitrogen and oxygen atoms in total. The van der Waals surface area contributed by atoms with Gasteiger partial charge < -0.3 is 14.4 Å².